The molecule has 0 aromatic heterocycles. The summed E-state index contributed by atoms with van der Waals surface area (Å²) >= 11 is 6.37. The van der Waals surface area contributed by atoms with Crippen molar-refractivity contribution in [1.82, 2.24) is 9.80 Å². The molecule has 0 spiro atoms. The van der Waals surface area contributed by atoms with Gasteiger partial charge in [0.2, 0.25) is 0 Å². The molecule has 2 aliphatic rings. The molecule has 0 radical (unpaired) electrons. The molecular weight excluding hydrogens is 592 g/mol. The number of hydrogen-bond donors (Lipinski definition) is 1. The van der Waals surface area contributed by atoms with Gasteiger partial charge in [0, 0.05) is 37.3 Å². The SMILES string of the molecule is CC(C)(C)OC(=O)N1CC=C(c2ccc(C(=O)Nc3ccc(C4=CCN(C(=O)OC(C)(C)C)CC4)c(Cl)c3F)cc2F)CC1. The van der Waals surface area contributed by atoms with Gasteiger partial charge in [0.25, 0.3) is 5.91 Å². The Labute approximate surface area is 261 Å². The molecule has 1 N–H and O–H groups in total. The quantitative estimate of drug-likeness (QED) is 0.371. The predicted molar refractivity (Wildman–Crippen MR) is 167 cm³/mol. The lowest BCUT2D eigenvalue weighted by molar-refractivity contribution is 0.0260. The van der Waals surface area contributed by atoms with E-state index in [1.165, 1.54) is 18.2 Å². The smallest absolute Gasteiger partial charge is 0.410 e. The minimum Gasteiger partial charge on any atom is -0.444 e. The summed E-state index contributed by atoms with van der Waals surface area (Å²) in [6, 6.07) is 7.08. The van der Waals surface area contributed by atoms with Crippen molar-refractivity contribution in [3.63, 3.8) is 0 Å². The minimum atomic E-state index is -0.813. The van der Waals surface area contributed by atoms with Crippen LogP contribution in [-0.4, -0.2) is 65.3 Å². The third-order valence-corrected chi connectivity index (χ3v) is 7.34. The molecule has 0 aliphatic carbocycles. The summed E-state index contributed by atoms with van der Waals surface area (Å²) in [5.41, 5.74) is 0.931. The first-order chi connectivity index (χ1) is 20.5. The van der Waals surface area contributed by atoms with Crippen LogP contribution in [0.1, 0.15) is 75.9 Å². The van der Waals surface area contributed by atoms with Gasteiger partial charge < -0.3 is 24.6 Å². The standard InChI is InChI=1S/C33H38ClF2N3O5/c1-32(2,3)43-30(41)38-15-11-20(12-16-38)23-8-7-22(19-25(23)35)29(40)37-26-10-9-24(27(34)28(26)36)21-13-17-39(18-14-21)31(42)44-33(4,5)6/h7-11,13,19H,12,14-18H2,1-6H3,(H,37,40). The van der Waals surface area contributed by atoms with E-state index in [0.717, 1.165) is 11.6 Å². The van der Waals surface area contributed by atoms with Crippen LogP contribution in [0.5, 0.6) is 0 Å². The largest absolute Gasteiger partial charge is 0.444 e. The zero-order valence-corrected chi connectivity index (χ0v) is 26.6. The Morgan fingerprint density at radius 1 is 0.795 bits per heavy atom. The van der Waals surface area contributed by atoms with Crippen molar-refractivity contribution in [3.8, 4) is 0 Å². The predicted octanol–water partition coefficient (Wildman–Crippen LogP) is 7.92. The zero-order chi connectivity index (χ0) is 32.4. The molecule has 44 heavy (non-hydrogen) atoms. The Hall–Kier alpha value is -3.92. The van der Waals surface area contributed by atoms with Gasteiger partial charge in [-0.05, 0) is 89.3 Å². The van der Waals surface area contributed by atoms with E-state index in [2.05, 4.69) is 5.32 Å². The molecule has 2 aromatic carbocycles. The topological polar surface area (TPSA) is 88.2 Å². The molecular formula is C33H38ClF2N3O5. The zero-order valence-electron chi connectivity index (χ0n) is 25.9. The van der Waals surface area contributed by atoms with Crippen molar-refractivity contribution in [1.29, 1.82) is 0 Å². The average Bonchev–Trinajstić information content (AvgIpc) is 2.94. The number of amides is 3. The summed E-state index contributed by atoms with van der Waals surface area (Å²) in [5, 5.41) is 2.32. The first-order valence-corrected chi connectivity index (χ1v) is 14.8. The van der Waals surface area contributed by atoms with Crippen molar-refractivity contribution in [2.75, 3.05) is 31.5 Å². The fourth-order valence-electron chi connectivity index (χ4n) is 4.82. The van der Waals surface area contributed by atoms with Crippen molar-refractivity contribution in [3.05, 3.63) is 75.8 Å². The van der Waals surface area contributed by atoms with Gasteiger partial charge in [0.1, 0.15) is 17.0 Å². The molecule has 2 aliphatic heterocycles. The molecule has 2 heterocycles. The monoisotopic (exact) mass is 629 g/mol. The highest BCUT2D eigenvalue weighted by molar-refractivity contribution is 6.33. The molecule has 0 saturated carbocycles. The molecule has 236 valence electrons. The summed E-state index contributed by atoms with van der Waals surface area (Å²) in [7, 11) is 0. The highest BCUT2D eigenvalue weighted by Gasteiger charge is 2.27. The summed E-state index contributed by atoms with van der Waals surface area (Å²) in [5.74, 6) is -2.11. The van der Waals surface area contributed by atoms with E-state index in [-0.39, 0.29) is 22.8 Å². The lowest BCUT2D eigenvalue weighted by atomic mass is 9.97. The Balaban J connectivity index is 1.41. The second kappa shape index (κ2) is 13.0. The lowest BCUT2D eigenvalue weighted by Crippen LogP contribution is -2.39. The van der Waals surface area contributed by atoms with Crippen LogP contribution < -0.4 is 5.32 Å². The number of carbonyl (C=O) groups excluding carboxylic acids is 3. The highest BCUT2D eigenvalue weighted by Crippen LogP contribution is 2.34. The Bertz CT molecular complexity index is 1520. The molecule has 11 heteroatoms. The van der Waals surface area contributed by atoms with Gasteiger partial charge >= 0.3 is 12.2 Å². The van der Waals surface area contributed by atoms with Crippen molar-refractivity contribution in [2.24, 2.45) is 0 Å². The minimum absolute atomic E-state index is 0.00913. The fraction of sp³-hybridized carbons (Fsp3) is 0.424. The number of halogens is 3. The van der Waals surface area contributed by atoms with Gasteiger partial charge in [0.15, 0.2) is 5.82 Å². The van der Waals surface area contributed by atoms with Crippen LogP contribution in [0.25, 0.3) is 11.1 Å². The van der Waals surface area contributed by atoms with Crippen LogP contribution >= 0.6 is 11.6 Å². The number of ether oxygens (including phenoxy) is 2. The Kier molecular flexibility index (Phi) is 9.73. The first kappa shape index (κ1) is 33.0. The molecule has 0 unspecified atom stereocenters. The number of benzene rings is 2. The highest BCUT2D eigenvalue weighted by atomic mass is 35.5. The number of carbonyl (C=O) groups is 3. The van der Waals surface area contributed by atoms with E-state index in [1.54, 1.807) is 69.6 Å². The summed E-state index contributed by atoms with van der Waals surface area (Å²) in [6.45, 7) is 12.1. The van der Waals surface area contributed by atoms with Gasteiger partial charge in [-0.1, -0.05) is 35.9 Å². The van der Waals surface area contributed by atoms with Gasteiger partial charge in [-0.2, -0.15) is 0 Å². The van der Waals surface area contributed by atoms with Gasteiger partial charge in [0.05, 0.1) is 10.7 Å². The van der Waals surface area contributed by atoms with Crippen molar-refractivity contribution < 1.29 is 32.6 Å². The second-order valence-corrected chi connectivity index (χ2v) is 13.1. The van der Waals surface area contributed by atoms with E-state index < -0.39 is 40.9 Å². The normalized spacial score (nSPS) is 15.8. The Morgan fingerprint density at radius 3 is 1.75 bits per heavy atom. The fourth-order valence-corrected chi connectivity index (χ4v) is 5.10. The number of rotatable bonds is 4. The molecule has 0 bridgehead atoms. The van der Waals surface area contributed by atoms with Crippen LogP contribution in [0.2, 0.25) is 5.02 Å². The number of anilines is 1. The number of nitrogens with zero attached hydrogens (tertiary/aromatic N) is 2. The average molecular weight is 630 g/mol. The Morgan fingerprint density at radius 2 is 1.30 bits per heavy atom. The third kappa shape index (κ3) is 8.16. The maximum Gasteiger partial charge on any atom is 0.410 e. The third-order valence-electron chi connectivity index (χ3n) is 6.98. The van der Waals surface area contributed by atoms with Gasteiger partial charge in [-0.25, -0.2) is 18.4 Å². The van der Waals surface area contributed by atoms with Crippen LogP contribution in [-0.2, 0) is 9.47 Å². The first-order valence-electron chi connectivity index (χ1n) is 14.5. The molecule has 0 saturated heterocycles. The van der Waals surface area contributed by atoms with Gasteiger partial charge in [-0.15, -0.1) is 0 Å². The van der Waals surface area contributed by atoms with Crippen molar-refractivity contribution in [2.45, 2.75) is 65.6 Å². The van der Waals surface area contributed by atoms with E-state index in [4.69, 9.17) is 21.1 Å². The van der Waals surface area contributed by atoms with Crippen LogP contribution in [0.4, 0.5) is 24.1 Å². The summed E-state index contributed by atoms with van der Waals surface area (Å²) in [6.07, 6.45) is 3.58. The number of hydrogen-bond acceptors (Lipinski definition) is 5. The number of nitrogens with one attached hydrogen (secondary N) is 1. The molecule has 4 rings (SSSR count). The maximum absolute atomic E-state index is 15.3. The van der Waals surface area contributed by atoms with Crippen LogP contribution in [0.15, 0.2) is 42.5 Å². The van der Waals surface area contributed by atoms with Gasteiger partial charge in [-0.3, -0.25) is 4.79 Å². The van der Waals surface area contributed by atoms with E-state index in [0.29, 0.717) is 49.2 Å². The van der Waals surface area contributed by atoms with Crippen molar-refractivity contribution >= 4 is 46.5 Å². The van der Waals surface area contributed by atoms with Crippen LogP contribution in [0, 0.1) is 11.6 Å². The summed E-state index contributed by atoms with van der Waals surface area (Å²) < 4.78 is 41.2. The molecule has 2 aromatic rings. The second-order valence-electron chi connectivity index (χ2n) is 12.7. The molecule has 8 nitrogen and oxygen atoms in total. The molecule has 3 amide bonds. The van der Waals surface area contributed by atoms with E-state index in [1.807, 2.05) is 0 Å². The molecule has 0 fully saturated rings. The van der Waals surface area contributed by atoms with Crippen LogP contribution in [0.3, 0.4) is 0 Å². The molecule has 0 atom stereocenters. The maximum atomic E-state index is 15.3. The van der Waals surface area contributed by atoms with E-state index in [9.17, 15) is 14.4 Å². The summed E-state index contributed by atoms with van der Waals surface area (Å²) in [4.78, 5) is 40.7. The van der Waals surface area contributed by atoms with E-state index >= 15 is 8.78 Å². The lowest BCUT2D eigenvalue weighted by Gasteiger charge is -2.30.